The maximum Gasteiger partial charge on any atom is 0.234 e. The van der Waals surface area contributed by atoms with Crippen molar-refractivity contribution >= 4 is 5.91 Å². The maximum absolute atomic E-state index is 12.6. The lowest BCUT2D eigenvalue weighted by Gasteiger charge is -2.38. The molecule has 1 saturated carbocycles. The Balaban J connectivity index is 1.61. The van der Waals surface area contributed by atoms with Crippen LogP contribution < -0.4 is 5.32 Å². The van der Waals surface area contributed by atoms with E-state index < -0.39 is 0 Å². The van der Waals surface area contributed by atoms with Crippen molar-refractivity contribution in [2.24, 2.45) is 11.8 Å². The third-order valence-corrected chi connectivity index (χ3v) is 5.33. The molecule has 3 unspecified atom stereocenters. The van der Waals surface area contributed by atoms with E-state index in [1.54, 1.807) is 0 Å². The molecule has 2 fully saturated rings. The van der Waals surface area contributed by atoms with Crippen LogP contribution in [0, 0.1) is 11.8 Å². The Morgan fingerprint density at radius 3 is 2.70 bits per heavy atom. The van der Waals surface area contributed by atoms with Crippen LogP contribution in [0.2, 0.25) is 0 Å². The molecule has 1 aromatic rings. The van der Waals surface area contributed by atoms with Crippen molar-refractivity contribution in [2.45, 2.75) is 44.7 Å². The number of amides is 1. The van der Waals surface area contributed by atoms with Crippen LogP contribution in [-0.4, -0.2) is 41.7 Å². The molecule has 1 amide bonds. The zero-order chi connectivity index (χ0) is 16.2. The lowest BCUT2D eigenvalue weighted by molar-refractivity contribution is -0.124. The minimum Gasteiger partial charge on any atom is -0.395 e. The van der Waals surface area contributed by atoms with E-state index in [0.717, 1.165) is 19.4 Å². The van der Waals surface area contributed by atoms with E-state index in [1.165, 1.54) is 18.4 Å². The van der Waals surface area contributed by atoms with E-state index in [-0.39, 0.29) is 24.6 Å². The quantitative estimate of drug-likeness (QED) is 0.847. The molecule has 0 aromatic heterocycles. The summed E-state index contributed by atoms with van der Waals surface area (Å²) in [5.74, 6) is 1.11. The number of nitrogens with one attached hydrogen (secondary N) is 1. The van der Waals surface area contributed by atoms with Gasteiger partial charge in [0.1, 0.15) is 0 Å². The molecule has 1 aromatic carbocycles. The Kier molecular flexibility index (Phi) is 5.34. The molecule has 1 aliphatic heterocycles. The molecule has 0 bridgehead atoms. The monoisotopic (exact) mass is 316 g/mol. The molecule has 23 heavy (non-hydrogen) atoms. The Labute approximate surface area is 138 Å². The van der Waals surface area contributed by atoms with Gasteiger partial charge in [-0.3, -0.25) is 9.69 Å². The molecular weight excluding hydrogens is 288 g/mol. The van der Waals surface area contributed by atoms with Crippen molar-refractivity contribution in [1.82, 2.24) is 10.2 Å². The number of rotatable bonds is 6. The van der Waals surface area contributed by atoms with Crippen LogP contribution in [0.25, 0.3) is 0 Å². The molecule has 0 spiro atoms. The number of piperidine rings is 1. The molecule has 0 radical (unpaired) electrons. The first-order valence-corrected chi connectivity index (χ1v) is 8.88. The van der Waals surface area contributed by atoms with Crippen LogP contribution in [0.1, 0.15) is 44.2 Å². The van der Waals surface area contributed by atoms with Crippen LogP contribution in [0.15, 0.2) is 30.3 Å². The zero-order valence-corrected chi connectivity index (χ0v) is 13.9. The summed E-state index contributed by atoms with van der Waals surface area (Å²) in [5, 5.41) is 12.9. The summed E-state index contributed by atoms with van der Waals surface area (Å²) in [4.78, 5) is 14.7. The van der Waals surface area contributed by atoms with E-state index in [4.69, 9.17) is 0 Å². The normalized spacial score (nSPS) is 26.7. The molecular formula is C19H28N2O2. The molecule has 1 aliphatic carbocycles. The van der Waals surface area contributed by atoms with Gasteiger partial charge < -0.3 is 10.4 Å². The highest BCUT2D eigenvalue weighted by molar-refractivity contribution is 5.78. The number of carbonyl (C=O) groups is 1. The van der Waals surface area contributed by atoms with E-state index in [1.807, 2.05) is 18.2 Å². The number of hydrogen-bond acceptors (Lipinski definition) is 3. The van der Waals surface area contributed by atoms with Crippen LogP contribution >= 0.6 is 0 Å². The SMILES string of the molecule is CC1CCCN(CC(=O)NC(c2ccccc2)C2CC2)C1CO. The first-order valence-electron chi connectivity index (χ1n) is 8.88. The average molecular weight is 316 g/mol. The van der Waals surface area contributed by atoms with Crippen molar-refractivity contribution in [3.05, 3.63) is 35.9 Å². The smallest absolute Gasteiger partial charge is 0.234 e. The van der Waals surface area contributed by atoms with Gasteiger partial charge in [0.05, 0.1) is 19.2 Å². The average Bonchev–Trinajstić information content (AvgIpc) is 3.38. The molecule has 2 aliphatic rings. The summed E-state index contributed by atoms with van der Waals surface area (Å²) < 4.78 is 0. The zero-order valence-electron chi connectivity index (χ0n) is 13.9. The van der Waals surface area contributed by atoms with Gasteiger partial charge in [0.25, 0.3) is 0 Å². The Morgan fingerprint density at radius 2 is 2.04 bits per heavy atom. The van der Waals surface area contributed by atoms with Crippen LogP contribution in [-0.2, 0) is 4.79 Å². The minimum atomic E-state index is 0.0818. The predicted octanol–water partition coefficient (Wildman–Crippen LogP) is 2.35. The van der Waals surface area contributed by atoms with Gasteiger partial charge >= 0.3 is 0 Å². The molecule has 4 nitrogen and oxygen atoms in total. The number of nitrogens with zero attached hydrogens (tertiary/aromatic N) is 1. The fourth-order valence-electron chi connectivity index (χ4n) is 3.79. The van der Waals surface area contributed by atoms with Crippen molar-refractivity contribution in [3.8, 4) is 0 Å². The lowest BCUT2D eigenvalue weighted by Crippen LogP contribution is -2.50. The number of likely N-dealkylation sites (tertiary alicyclic amines) is 1. The van der Waals surface area contributed by atoms with Crippen molar-refractivity contribution in [3.63, 3.8) is 0 Å². The van der Waals surface area contributed by atoms with Crippen molar-refractivity contribution in [1.29, 1.82) is 0 Å². The fraction of sp³-hybridized carbons (Fsp3) is 0.632. The summed E-state index contributed by atoms with van der Waals surface area (Å²) >= 11 is 0. The van der Waals surface area contributed by atoms with Crippen LogP contribution in [0.5, 0.6) is 0 Å². The number of aliphatic hydroxyl groups is 1. The van der Waals surface area contributed by atoms with Gasteiger partial charge in [-0.05, 0) is 49.6 Å². The van der Waals surface area contributed by atoms with Crippen LogP contribution in [0.3, 0.4) is 0 Å². The topological polar surface area (TPSA) is 52.6 Å². The second kappa shape index (κ2) is 7.45. The number of benzene rings is 1. The number of carbonyl (C=O) groups excluding carboxylic acids is 1. The lowest BCUT2D eigenvalue weighted by atomic mass is 9.91. The Hall–Kier alpha value is -1.39. The van der Waals surface area contributed by atoms with Gasteiger partial charge in [-0.1, -0.05) is 37.3 Å². The molecule has 3 atom stereocenters. The highest BCUT2D eigenvalue weighted by atomic mass is 16.3. The Bertz CT molecular complexity index is 515. The van der Waals surface area contributed by atoms with E-state index in [0.29, 0.717) is 18.4 Å². The van der Waals surface area contributed by atoms with E-state index in [9.17, 15) is 9.90 Å². The second-order valence-electron chi connectivity index (χ2n) is 7.13. The summed E-state index contributed by atoms with van der Waals surface area (Å²) in [5.41, 5.74) is 1.20. The first-order chi connectivity index (χ1) is 11.2. The highest BCUT2D eigenvalue weighted by Gasteiger charge is 2.34. The third-order valence-electron chi connectivity index (χ3n) is 5.33. The third kappa shape index (κ3) is 4.12. The molecule has 1 saturated heterocycles. The summed E-state index contributed by atoms with van der Waals surface area (Å²) in [6.45, 7) is 3.61. The van der Waals surface area contributed by atoms with Gasteiger partial charge in [0, 0.05) is 6.04 Å². The van der Waals surface area contributed by atoms with E-state index >= 15 is 0 Å². The second-order valence-corrected chi connectivity index (χ2v) is 7.13. The molecule has 4 heteroatoms. The van der Waals surface area contributed by atoms with E-state index in [2.05, 4.69) is 29.3 Å². The number of hydrogen-bond donors (Lipinski definition) is 2. The molecule has 3 rings (SSSR count). The highest BCUT2D eigenvalue weighted by Crippen LogP contribution is 2.40. The molecule has 126 valence electrons. The van der Waals surface area contributed by atoms with Crippen LogP contribution in [0.4, 0.5) is 0 Å². The summed E-state index contributed by atoms with van der Waals surface area (Å²) in [6, 6.07) is 10.5. The van der Waals surface area contributed by atoms with Gasteiger partial charge in [-0.15, -0.1) is 0 Å². The van der Waals surface area contributed by atoms with Crippen molar-refractivity contribution < 1.29 is 9.90 Å². The van der Waals surface area contributed by atoms with Crippen molar-refractivity contribution in [2.75, 3.05) is 19.7 Å². The first kappa shape index (κ1) is 16.5. The Morgan fingerprint density at radius 1 is 1.30 bits per heavy atom. The molecule has 2 N–H and O–H groups in total. The van der Waals surface area contributed by atoms with Gasteiger partial charge in [-0.2, -0.15) is 0 Å². The molecule has 1 heterocycles. The summed E-state index contributed by atoms with van der Waals surface area (Å²) in [7, 11) is 0. The fourth-order valence-corrected chi connectivity index (χ4v) is 3.79. The number of aliphatic hydroxyl groups excluding tert-OH is 1. The maximum atomic E-state index is 12.6. The van der Waals surface area contributed by atoms with Gasteiger partial charge in [0.15, 0.2) is 0 Å². The van der Waals surface area contributed by atoms with Gasteiger partial charge in [-0.25, -0.2) is 0 Å². The van der Waals surface area contributed by atoms with Gasteiger partial charge in [0.2, 0.25) is 5.91 Å². The largest absolute Gasteiger partial charge is 0.395 e. The predicted molar refractivity (Wildman–Crippen MR) is 90.9 cm³/mol. The summed E-state index contributed by atoms with van der Waals surface area (Å²) in [6.07, 6.45) is 4.63. The minimum absolute atomic E-state index is 0.0818. The standard InChI is InChI=1S/C19H28N2O2/c1-14-6-5-11-21(17(14)13-22)12-18(23)20-19(16-9-10-16)15-7-3-2-4-8-15/h2-4,7-8,14,16-17,19,22H,5-6,9-13H2,1H3,(H,20,23).